The van der Waals surface area contributed by atoms with Crippen molar-refractivity contribution in [3.63, 3.8) is 0 Å². The number of hydrogen-bond acceptors (Lipinski definition) is 2. The minimum Gasteiger partial charge on any atom is -0.501 e. The summed E-state index contributed by atoms with van der Waals surface area (Å²) in [5, 5.41) is 0. The molecule has 1 unspecified atom stereocenters. The van der Waals surface area contributed by atoms with Crippen molar-refractivity contribution < 1.29 is 9.47 Å². The lowest BCUT2D eigenvalue weighted by Gasteiger charge is -2.27. The number of ether oxygens (including phenoxy) is 2. The molecule has 0 spiro atoms. The summed E-state index contributed by atoms with van der Waals surface area (Å²) in [4.78, 5) is 0. The Morgan fingerprint density at radius 1 is 1.25 bits per heavy atom. The summed E-state index contributed by atoms with van der Waals surface area (Å²) in [6.07, 6.45) is 7.75. The highest BCUT2D eigenvalue weighted by atomic mass is 16.5. The SMILES string of the molecule is C/C(=C/OCCC1(C)CCCCCO1)c1ccccc1. The van der Waals surface area contributed by atoms with Crippen LogP contribution in [0.3, 0.4) is 0 Å². The van der Waals surface area contributed by atoms with E-state index < -0.39 is 0 Å². The molecule has 0 saturated carbocycles. The zero-order valence-corrected chi connectivity index (χ0v) is 12.7. The van der Waals surface area contributed by atoms with Crippen LogP contribution in [0, 0.1) is 0 Å². The Hall–Kier alpha value is -1.28. The van der Waals surface area contributed by atoms with Crippen LogP contribution in [0.25, 0.3) is 5.57 Å². The molecule has 1 aromatic carbocycles. The Bertz CT molecular complexity index is 414. The Morgan fingerprint density at radius 3 is 2.85 bits per heavy atom. The van der Waals surface area contributed by atoms with Crippen molar-refractivity contribution in [2.45, 2.75) is 51.6 Å². The van der Waals surface area contributed by atoms with E-state index in [1.807, 2.05) is 24.5 Å². The zero-order chi connectivity index (χ0) is 14.3. The third-order valence-electron chi connectivity index (χ3n) is 4.04. The first kappa shape index (κ1) is 15.1. The van der Waals surface area contributed by atoms with Crippen LogP contribution in [-0.4, -0.2) is 18.8 Å². The molecule has 0 N–H and O–H groups in total. The Balaban J connectivity index is 1.78. The molecule has 1 atom stereocenters. The molecule has 0 bridgehead atoms. The van der Waals surface area contributed by atoms with Gasteiger partial charge in [0.2, 0.25) is 0 Å². The Kier molecular flexibility index (Phi) is 5.66. The second-order valence-corrected chi connectivity index (χ2v) is 5.90. The summed E-state index contributed by atoms with van der Waals surface area (Å²) in [6.45, 7) is 5.92. The smallest absolute Gasteiger partial charge is 0.0900 e. The van der Waals surface area contributed by atoms with Gasteiger partial charge in [-0.1, -0.05) is 43.2 Å². The third kappa shape index (κ3) is 4.68. The van der Waals surface area contributed by atoms with Crippen LogP contribution in [0.4, 0.5) is 0 Å². The zero-order valence-electron chi connectivity index (χ0n) is 12.7. The molecule has 1 fully saturated rings. The first-order chi connectivity index (χ1) is 9.70. The summed E-state index contributed by atoms with van der Waals surface area (Å²) >= 11 is 0. The molecule has 1 aliphatic rings. The molecule has 0 radical (unpaired) electrons. The van der Waals surface area contributed by atoms with Gasteiger partial charge in [0.05, 0.1) is 18.5 Å². The average Bonchev–Trinajstić information content (AvgIpc) is 2.69. The van der Waals surface area contributed by atoms with Crippen molar-refractivity contribution in [3.05, 3.63) is 42.2 Å². The van der Waals surface area contributed by atoms with Crippen LogP contribution in [0.2, 0.25) is 0 Å². The third-order valence-corrected chi connectivity index (χ3v) is 4.04. The maximum absolute atomic E-state index is 5.98. The number of rotatable bonds is 5. The Labute approximate surface area is 122 Å². The monoisotopic (exact) mass is 274 g/mol. The summed E-state index contributed by atoms with van der Waals surface area (Å²) in [6, 6.07) is 10.3. The molecule has 110 valence electrons. The molecule has 1 heterocycles. The van der Waals surface area contributed by atoms with Gasteiger partial charge in [-0.05, 0) is 37.8 Å². The highest BCUT2D eigenvalue weighted by molar-refractivity contribution is 5.62. The summed E-state index contributed by atoms with van der Waals surface area (Å²) in [5.74, 6) is 0. The standard InChI is InChI=1S/C18H26O2/c1-16(17-9-5-3-6-10-17)15-19-14-12-18(2)11-7-4-8-13-20-18/h3,5-6,9-10,15H,4,7-8,11-14H2,1-2H3/b16-15-. The molecule has 2 rings (SSSR count). The molecule has 0 amide bonds. The minimum atomic E-state index is 0.00495. The van der Waals surface area contributed by atoms with Gasteiger partial charge in [0.1, 0.15) is 0 Å². The fraction of sp³-hybridized carbons (Fsp3) is 0.556. The lowest BCUT2D eigenvalue weighted by molar-refractivity contribution is -0.0440. The van der Waals surface area contributed by atoms with E-state index in [4.69, 9.17) is 9.47 Å². The summed E-state index contributed by atoms with van der Waals surface area (Å²) in [5.41, 5.74) is 2.38. The van der Waals surface area contributed by atoms with Crippen molar-refractivity contribution in [2.24, 2.45) is 0 Å². The predicted octanol–water partition coefficient (Wildman–Crippen LogP) is 4.80. The molecule has 20 heavy (non-hydrogen) atoms. The second kappa shape index (κ2) is 7.49. The lowest BCUT2D eigenvalue weighted by atomic mass is 9.96. The van der Waals surface area contributed by atoms with Gasteiger partial charge in [-0.15, -0.1) is 0 Å². The maximum atomic E-state index is 5.98. The van der Waals surface area contributed by atoms with Crippen LogP contribution in [0.15, 0.2) is 36.6 Å². The van der Waals surface area contributed by atoms with Gasteiger partial charge in [-0.3, -0.25) is 0 Å². The highest BCUT2D eigenvalue weighted by Crippen LogP contribution is 2.27. The molecular weight excluding hydrogens is 248 g/mol. The van der Waals surface area contributed by atoms with E-state index in [0.717, 1.165) is 31.6 Å². The van der Waals surface area contributed by atoms with E-state index in [2.05, 4.69) is 26.0 Å². The molecule has 1 aromatic rings. The van der Waals surface area contributed by atoms with E-state index in [1.165, 1.54) is 24.8 Å². The van der Waals surface area contributed by atoms with E-state index in [9.17, 15) is 0 Å². The molecular formula is C18H26O2. The van der Waals surface area contributed by atoms with E-state index in [0.29, 0.717) is 0 Å². The average molecular weight is 274 g/mol. The van der Waals surface area contributed by atoms with Gasteiger partial charge >= 0.3 is 0 Å². The van der Waals surface area contributed by atoms with E-state index in [-0.39, 0.29) is 5.60 Å². The fourth-order valence-electron chi connectivity index (χ4n) is 2.59. The molecule has 0 aliphatic carbocycles. The van der Waals surface area contributed by atoms with Gasteiger partial charge in [0.25, 0.3) is 0 Å². The fourth-order valence-corrected chi connectivity index (χ4v) is 2.59. The van der Waals surface area contributed by atoms with Crippen LogP contribution in [0.1, 0.15) is 51.5 Å². The van der Waals surface area contributed by atoms with Crippen LogP contribution in [-0.2, 0) is 9.47 Å². The molecule has 2 nitrogen and oxygen atoms in total. The van der Waals surface area contributed by atoms with Gasteiger partial charge in [0, 0.05) is 13.0 Å². The van der Waals surface area contributed by atoms with Crippen molar-refractivity contribution in [1.82, 2.24) is 0 Å². The molecule has 2 heteroatoms. The predicted molar refractivity (Wildman–Crippen MR) is 83.5 cm³/mol. The van der Waals surface area contributed by atoms with Crippen LogP contribution >= 0.6 is 0 Å². The first-order valence-electron chi connectivity index (χ1n) is 7.67. The quantitative estimate of drug-likeness (QED) is 0.567. The number of allylic oxidation sites excluding steroid dienone is 1. The topological polar surface area (TPSA) is 18.5 Å². The maximum Gasteiger partial charge on any atom is 0.0900 e. The highest BCUT2D eigenvalue weighted by Gasteiger charge is 2.26. The lowest BCUT2D eigenvalue weighted by Crippen LogP contribution is -2.29. The van der Waals surface area contributed by atoms with Gasteiger partial charge in [0.15, 0.2) is 0 Å². The van der Waals surface area contributed by atoms with Crippen molar-refractivity contribution in [3.8, 4) is 0 Å². The van der Waals surface area contributed by atoms with Gasteiger partial charge in [-0.25, -0.2) is 0 Å². The largest absolute Gasteiger partial charge is 0.501 e. The second-order valence-electron chi connectivity index (χ2n) is 5.90. The minimum absolute atomic E-state index is 0.00495. The van der Waals surface area contributed by atoms with Crippen molar-refractivity contribution in [2.75, 3.05) is 13.2 Å². The first-order valence-corrected chi connectivity index (χ1v) is 7.67. The normalized spacial score (nSPS) is 24.2. The van der Waals surface area contributed by atoms with Crippen molar-refractivity contribution >= 4 is 5.57 Å². The van der Waals surface area contributed by atoms with Crippen LogP contribution < -0.4 is 0 Å². The molecule has 1 saturated heterocycles. The number of hydrogen-bond donors (Lipinski definition) is 0. The molecule has 0 aromatic heterocycles. The van der Waals surface area contributed by atoms with E-state index >= 15 is 0 Å². The number of benzene rings is 1. The van der Waals surface area contributed by atoms with Gasteiger partial charge in [-0.2, -0.15) is 0 Å². The van der Waals surface area contributed by atoms with Gasteiger partial charge < -0.3 is 9.47 Å². The molecule has 1 aliphatic heterocycles. The van der Waals surface area contributed by atoms with Crippen LogP contribution in [0.5, 0.6) is 0 Å². The van der Waals surface area contributed by atoms with Crippen molar-refractivity contribution in [1.29, 1.82) is 0 Å². The van der Waals surface area contributed by atoms with E-state index in [1.54, 1.807) is 0 Å². The summed E-state index contributed by atoms with van der Waals surface area (Å²) < 4.78 is 11.7. The summed E-state index contributed by atoms with van der Waals surface area (Å²) in [7, 11) is 0. The Morgan fingerprint density at radius 2 is 2.05 bits per heavy atom.